The van der Waals surface area contributed by atoms with Crippen molar-refractivity contribution in [3.63, 3.8) is 0 Å². The van der Waals surface area contributed by atoms with Crippen LogP contribution in [0.15, 0.2) is 0 Å². The Morgan fingerprint density at radius 1 is 1.58 bits per heavy atom. The lowest BCUT2D eigenvalue weighted by Gasteiger charge is -2.19. The Morgan fingerprint density at radius 3 is 2.83 bits per heavy atom. The summed E-state index contributed by atoms with van der Waals surface area (Å²) >= 11 is 3.56. The van der Waals surface area contributed by atoms with E-state index in [1.165, 1.54) is 37.8 Å². The van der Waals surface area contributed by atoms with Crippen molar-refractivity contribution >= 4 is 15.9 Å². The Labute approximate surface area is 84.6 Å². The van der Waals surface area contributed by atoms with Gasteiger partial charge in [0.1, 0.15) is 0 Å². The van der Waals surface area contributed by atoms with Gasteiger partial charge in [-0.1, -0.05) is 36.2 Å². The van der Waals surface area contributed by atoms with Gasteiger partial charge in [0, 0.05) is 18.4 Å². The van der Waals surface area contributed by atoms with E-state index in [1.807, 2.05) is 0 Å². The Hall–Kier alpha value is 0.440. The van der Waals surface area contributed by atoms with Crippen LogP contribution in [-0.4, -0.2) is 29.9 Å². The third kappa shape index (κ3) is 3.06. The second-order valence-corrected chi connectivity index (χ2v) is 4.73. The van der Waals surface area contributed by atoms with E-state index in [2.05, 4.69) is 34.7 Å². The molecule has 0 aromatic carbocycles. The molecule has 0 radical (unpaired) electrons. The summed E-state index contributed by atoms with van der Waals surface area (Å²) in [6.07, 6.45) is 2.71. The third-order valence-electron chi connectivity index (χ3n) is 2.85. The van der Waals surface area contributed by atoms with Crippen LogP contribution in [0.25, 0.3) is 0 Å². The topological polar surface area (TPSA) is 3.24 Å². The lowest BCUT2D eigenvalue weighted by Crippen LogP contribution is -2.26. The van der Waals surface area contributed by atoms with Gasteiger partial charge in [-0.15, -0.1) is 0 Å². The molecule has 1 saturated heterocycles. The van der Waals surface area contributed by atoms with E-state index in [4.69, 9.17) is 0 Å². The fourth-order valence-electron chi connectivity index (χ4n) is 1.77. The second kappa shape index (κ2) is 5.23. The Kier molecular flexibility index (Phi) is 4.59. The van der Waals surface area contributed by atoms with Crippen LogP contribution in [0.1, 0.15) is 26.7 Å². The minimum Gasteiger partial charge on any atom is -0.303 e. The number of alkyl halides is 1. The molecule has 1 rings (SSSR count). The van der Waals surface area contributed by atoms with Gasteiger partial charge in [-0.25, -0.2) is 0 Å². The van der Waals surface area contributed by atoms with Gasteiger partial charge in [-0.3, -0.25) is 0 Å². The predicted octanol–water partition coefficient (Wildman–Crippen LogP) is 2.75. The van der Waals surface area contributed by atoms with E-state index in [0.717, 1.165) is 11.8 Å². The van der Waals surface area contributed by atoms with Crippen LogP contribution in [0, 0.1) is 11.8 Å². The lowest BCUT2D eigenvalue weighted by atomic mass is 10.1. The van der Waals surface area contributed by atoms with E-state index in [9.17, 15) is 0 Å². The fourth-order valence-corrected chi connectivity index (χ4v) is 2.30. The summed E-state index contributed by atoms with van der Waals surface area (Å²) in [4.78, 5) is 2.61. The van der Waals surface area contributed by atoms with Crippen molar-refractivity contribution in [1.82, 2.24) is 4.90 Å². The number of rotatable bonds is 4. The molecule has 0 spiro atoms. The first kappa shape index (κ1) is 10.5. The molecule has 0 aromatic heterocycles. The van der Waals surface area contributed by atoms with Crippen molar-refractivity contribution in [2.75, 3.05) is 25.0 Å². The first-order valence-corrected chi connectivity index (χ1v) is 6.16. The van der Waals surface area contributed by atoms with Crippen LogP contribution in [0.3, 0.4) is 0 Å². The van der Waals surface area contributed by atoms with Crippen LogP contribution in [-0.2, 0) is 0 Å². The SMILES string of the molecule is CCC(C)CN1CCC(CBr)C1. The van der Waals surface area contributed by atoms with Gasteiger partial charge in [0.2, 0.25) is 0 Å². The van der Waals surface area contributed by atoms with Crippen LogP contribution < -0.4 is 0 Å². The molecule has 2 heteroatoms. The molecule has 1 nitrogen and oxygen atoms in total. The molecule has 1 aliphatic heterocycles. The molecule has 12 heavy (non-hydrogen) atoms. The zero-order valence-corrected chi connectivity index (χ0v) is 9.81. The van der Waals surface area contributed by atoms with Gasteiger partial charge < -0.3 is 4.90 Å². The van der Waals surface area contributed by atoms with Crippen molar-refractivity contribution in [1.29, 1.82) is 0 Å². The summed E-state index contributed by atoms with van der Waals surface area (Å²) in [5.41, 5.74) is 0. The number of halogens is 1. The van der Waals surface area contributed by atoms with Gasteiger partial charge in [0.05, 0.1) is 0 Å². The van der Waals surface area contributed by atoms with Crippen LogP contribution in [0.2, 0.25) is 0 Å². The summed E-state index contributed by atoms with van der Waals surface area (Å²) in [6.45, 7) is 8.57. The highest BCUT2D eigenvalue weighted by Gasteiger charge is 2.21. The van der Waals surface area contributed by atoms with Gasteiger partial charge in [0.25, 0.3) is 0 Å². The summed E-state index contributed by atoms with van der Waals surface area (Å²) < 4.78 is 0. The van der Waals surface area contributed by atoms with Gasteiger partial charge in [0.15, 0.2) is 0 Å². The maximum absolute atomic E-state index is 3.56. The second-order valence-electron chi connectivity index (χ2n) is 4.08. The Bertz CT molecular complexity index is 127. The quantitative estimate of drug-likeness (QED) is 0.676. The molecule has 0 aromatic rings. The maximum Gasteiger partial charge on any atom is 0.00723 e. The van der Waals surface area contributed by atoms with Crippen LogP contribution >= 0.6 is 15.9 Å². The molecular weight excluding hydrogens is 214 g/mol. The molecule has 2 unspecified atom stereocenters. The van der Waals surface area contributed by atoms with Crippen molar-refractivity contribution in [3.05, 3.63) is 0 Å². The van der Waals surface area contributed by atoms with Crippen molar-refractivity contribution in [3.8, 4) is 0 Å². The summed E-state index contributed by atoms with van der Waals surface area (Å²) in [5.74, 6) is 1.79. The van der Waals surface area contributed by atoms with Gasteiger partial charge in [-0.2, -0.15) is 0 Å². The molecule has 1 heterocycles. The molecule has 0 saturated carbocycles. The highest BCUT2D eigenvalue weighted by molar-refractivity contribution is 9.09. The fraction of sp³-hybridized carbons (Fsp3) is 1.00. The van der Waals surface area contributed by atoms with Crippen LogP contribution in [0.4, 0.5) is 0 Å². The summed E-state index contributed by atoms with van der Waals surface area (Å²) in [5, 5.41) is 1.18. The van der Waals surface area contributed by atoms with Crippen molar-refractivity contribution in [2.45, 2.75) is 26.7 Å². The molecule has 1 aliphatic rings. The van der Waals surface area contributed by atoms with Crippen LogP contribution in [0.5, 0.6) is 0 Å². The molecule has 0 amide bonds. The monoisotopic (exact) mass is 233 g/mol. The number of likely N-dealkylation sites (tertiary alicyclic amines) is 1. The Morgan fingerprint density at radius 2 is 2.33 bits per heavy atom. The number of hydrogen-bond acceptors (Lipinski definition) is 1. The number of nitrogens with zero attached hydrogens (tertiary/aromatic N) is 1. The minimum atomic E-state index is 0.874. The lowest BCUT2D eigenvalue weighted by molar-refractivity contribution is 0.277. The molecule has 0 bridgehead atoms. The van der Waals surface area contributed by atoms with E-state index < -0.39 is 0 Å². The molecule has 0 aliphatic carbocycles. The minimum absolute atomic E-state index is 0.874. The molecule has 1 fully saturated rings. The molecule has 72 valence electrons. The summed E-state index contributed by atoms with van der Waals surface area (Å²) in [7, 11) is 0. The third-order valence-corrected chi connectivity index (χ3v) is 3.77. The van der Waals surface area contributed by atoms with Gasteiger partial charge in [-0.05, 0) is 24.8 Å². The highest BCUT2D eigenvalue weighted by atomic mass is 79.9. The normalized spacial score (nSPS) is 27.8. The molecule has 0 N–H and O–H groups in total. The number of hydrogen-bond donors (Lipinski definition) is 0. The summed E-state index contributed by atoms with van der Waals surface area (Å²) in [6, 6.07) is 0. The van der Waals surface area contributed by atoms with Gasteiger partial charge >= 0.3 is 0 Å². The highest BCUT2D eigenvalue weighted by Crippen LogP contribution is 2.19. The maximum atomic E-state index is 3.56. The van der Waals surface area contributed by atoms with Crippen molar-refractivity contribution < 1.29 is 0 Å². The Balaban J connectivity index is 2.18. The first-order chi connectivity index (χ1) is 5.76. The van der Waals surface area contributed by atoms with Crippen molar-refractivity contribution in [2.24, 2.45) is 11.8 Å². The molecular formula is C10H20BrN. The largest absolute Gasteiger partial charge is 0.303 e. The zero-order chi connectivity index (χ0) is 8.97. The predicted molar refractivity (Wildman–Crippen MR) is 57.8 cm³/mol. The standard InChI is InChI=1S/C10H20BrN/c1-3-9(2)7-12-5-4-10(6-11)8-12/h9-10H,3-8H2,1-2H3. The van der Waals surface area contributed by atoms with E-state index in [-0.39, 0.29) is 0 Å². The average Bonchev–Trinajstić information content (AvgIpc) is 2.52. The smallest absolute Gasteiger partial charge is 0.00723 e. The first-order valence-electron chi connectivity index (χ1n) is 5.04. The molecule has 2 atom stereocenters. The van der Waals surface area contributed by atoms with E-state index >= 15 is 0 Å². The zero-order valence-electron chi connectivity index (χ0n) is 8.22. The van der Waals surface area contributed by atoms with E-state index in [0.29, 0.717) is 0 Å². The average molecular weight is 234 g/mol. The van der Waals surface area contributed by atoms with E-state index in [1.54, 1.807) is 0 Å².